The van der Waals surface area contributed by atoms with Crippen LogP contribution in [0.25, 0.3) is 0 Å². The van der Waals surface area contributed by atoms with Crippen LogP contribution in [0.5, 0.6) is 0 Å². The van der Waals surface area contributed by atoms with Crippen molar-refractivity contribution in [2.24, 2.45) is 33.7 Å². The third-order valence-corrected chi connectivity index (χ3v) is 10.5. The number of carbonyl (C=O) groups is 2. The number of oxime groups is 1. The van der Waals surface area contributed by atoms with Gasteiger partial charge in [0, 0.05) is 5.41 Å². The maximum absolute atomic E-state index is 12.4. The molecule has 0 spiro atoms. The second-order valence-electron chi connectivity index (χ2n) is 12.5. The molecule has 39 heavy (non-hydrogen) atoms. The van der Waals surface area contributed by atoms with Crippen LogP contribution in [0.15, 0.2) is 59.3 Å². The van der Waals surface area contributed by atoms with Crippen molar-refractivity contribution in [2.45, 2.75) is 77.0 Å². The molecule has 0 unspecified atom stereocenters. The first-order valence-corrected chi connectivity index (χ1v) is 14.0. The molecule has 0 aliphatic heterocycles. The van der Waals surface area contributed by atoms with E-state index in [-0.39, 0.29) is 10.8 Å². The summed E-state index contributed by atoms with van der Waals surface area (Å²) in [6.07, 6.45) is 11.0. The van der Waals surface area contributed by atoms with E-state index in [0.29, 0.717) is 29.0 Å². The van der Waals surface area contributed by atoms with Crippen LogP contribution >= 0.6 is 0 Å². The van der Waals surface area contributed by atoms with Gasteiger partial charge in [-0.2, -0.15) is 0 Å². The molecule has 4 aliphatic rings. The summed E-state index contributed by atoms with van der Waals surface area (Å²) in [5, 5.41) is 37.5. The normalized spacial score (nSPS) is 37.6. The van der Waals surface area contributed by atoms with Crippen molar-refractivity contribution >= 4 is 17.6 Å². The number of benzene rings is 1. The second kappa shape index (κ2) is 10.2. The van der Waals surface area contributed by atoms with Gasteiger partial charge in [0.25, 0.3) is 5.91 Å². The quantitative estimate of drug-likeness (QED) is 0.388. The third-order valence-electron chi connectivity index (χ3n) is 10.5. The minimum atomic E-state index is -1.51. The summed E-state index contributed by atoms with van der Waals surface area (Å²) in [6, 6.07) is 6.82. The minimum Gasteiger partial charge on any atom is -0.480 e. The maximum atomic E-state index is 12.4. The highest BCUT2D eigenvalue weighted by Gasteiger charge is 2.62. The summed E-state index contributed by atoms with van der Waals surface area (Å²) in [7, 11) is 0. The standard InChI is InChI=1S/C31H40N2O6/c1-29-14-11-21(33-39-18-25(34)32-26(28(36)37)27(35)19-7-5-4-6-8-19)17-20(29)9-10-22-23(29)12-15-30(2)24(22)13-16-31(30,3)38/h4-8,11,14,17,22-24,26-27,35,38H,9-10,12-13,15-16,18H2,1-3H3,(H,32,34)(H,36,37)/t22-,23-,24+,26+,27-,29+,30+,31+/m1/s1. The molecule has 0 bridgehead atoms. The molecule has 1 aromatic carbocycles. The van der Waals surface area contributed by atoms with E-state index in [1.54, 1.807) is 30.3 Å². The molecule has 1 amide bonds. The van der Waals surface area contributed by atoms with Gasteiger partial charge in [0.1, 0.15) is 11.8 Å². The average molecular weight is 537 g/mol. The topological polar surface area (TPSA) is 128 Å². The fourth-order valence-electron chi connectivity index (χ4n) is 8.01. The van der Waals surface area contributed by atoms with E-state index in [1.165, 1.54) is 5.57 Å². The lowest BCUT2D eigenvalue weighted by Crippen LogP contribution is -2.53. The summed E-state index contributed by atoms with van der Waals surface area (Å²) >= 11 is 0. The SMILES string of the molecule is C[C@]12C=CC(=NOCC(=O)N[C@H](C(=O)O)[C@H](O)c3ccccc3)C=C1CC[C@@H]1[C@H]2CC[C@@]2(C)[C@H]1CC[C@]2(C)O. The number of carboxylic acids is 1. The largest absolute Gasteiger partial charge is 0.480 e. The van der Waals surface area contributed by atoms with Crippen LogP contribution in [-0.2, 0) is 14.4 Å². The molecule has 8 nitrogen and oxygen atoms in total. The number of hydrogen-bond donors (Lipinski definition) is 4. The molecular formula is C31H40N2O6. The van der Waals surface area contributed by atoms with E-state index < -0.39 is 36.2 Å². The van der Waals surface area contributed by atoms with Crippen molar-refractivity contribution in [3.8, 4) is 0 Å². The number of fused-ring (bicyclic) bond motifs is 5. The highest BCUT2D eigenvalue weighted by molar-refractivity contribution is 6.05. The Hall–Kier alpha value is -2.97. The third kappa shape index (κ3) is 4.82. The molecular weight excluding hydrogens is 496 g/mol. The first-order valence-electron chi connectivity index (χ1n) is 14.0. The number of nitrogens with zero attached hydrogens (tertiary/aromatic N) is 1. The number of nitrogens with one attached hydrogen (secondary N) is 1. The van der Waals surface area contributed by atoms with Crippen molar-refractivity contribution < 1.29 is 29.7 Å². The number of allylic oxidation sites excluding steroid dienone is 4. The van der Waals surface area contributed by atoms with E-state index in [4.69, 9.17) is 4.84 Å². The number of aliphatic hydroxyl groups is 2. The van der Waals surface area contributed by atoms with E-state index in [9.17, 15) is 24.9 Å². The second-order valence-corrected chi connectivity index (χ2v) is 12.5. The van der Waals surface area contributed by atoms with Gasteiger partial charge in [-0.1, -0.05) is 61.0 Å². The molecule has 210 valence electrons. The van der Waals surface area contributed by atoms with Gasteiger partial charge >= 0.3 is 5.97 Å². The lowest BCUT2D eigenvalue weighted by molar-refractivity contribution is -0.146. The molecule has 3 fully saturated rings. The Balaban J connectivity index is 1.21. The number of aliphatic carboxylic acids is 1. The minimum absolute atomic E-state index is 0.0120. The summed E-state index contributed by atoms with van der Waals surface area (Å²) in [5.74, 6) is -0.360. The van der Waals surface area contributed by atoms with Crippen molar-refractivity contribution in [1.29, 1.82) is 0 Å². The van der Waals surface area contributed by atoms with Gasteiger partial charge in [-0.15, -0.1) is 0 Å². The first kappa shape index (κ1) is 27.6. The number of aliphatic hydroxyl groups excluding tert-OH is 1. The fourth-order valence-corrected chi connectivity index (χ4v) is 8.01. The Labute approximate surface area is 229 Å². The van der Waals surface area contributed by atoms with Crippen molar-refractivity contribution in [3.63, 3.8) is 0 Å². The molecule has 0 radical (unpaired) electrons. The van der Waals surface area contributed by atoms with Gasteiger partial charge in [-0.25, -0.2) is 4.79 Å². The maximum Gasteiger partial charge on any atom is 0.329 e. The van der Waals surface area contributed by atoms with Crippen molar-refractivity contribution in [1.82, 2.24) is 5.32 Å². The van der Waals surface area contributed by atoms with E-state index >= 15 is 0 Å². The zero-order chi connectivity index (χ0) is 28.0. The average Bonchev–Trinajstić information content (AvgIpc) is 3.16. The van der Waals surface area contributed by atoms with E-state index in [2.05, 4.69) is 36.5 Å². The molecule has 4 N–H and O–H groups in total. The highest BCUT2D eigenvalue weighted by Crippen LogP contribution is 2.66. The number of amides is 1. The fraction of sp³-hybridized carbons (Fsp3) is 0.581. The number of hydrogen-bond acceptors (Lipinski definition) is 6. The first-order chi connectivity index (χ1) is 18.5. The summed E-state index contributed by atoms with van der Waals surface area (Å²) in [4.78, 5) is 29.4. The molecule has 4 aliphatic carbocycles. The van der Waals surface area contributed by atoms with Gasteiger partial charge < -0.3 is 25.5 Å². The van der Waals surface area contributed by atoms with E-state index in [0.717, 1.165) is 38.5 Å². The van der Waals surface area contributed by atoms with Gasteiger partial charge in [0.15, 0.2) is 12.6 Å². The molecule has 0 heterocycles. The Bertz CT molecular complexity index is 1210. The zero-order valence-corrected chi connectivity index (χ0v) is 23.0. The van der Waals surface area contributed by atoms with Crippen LogP contribution in [0.3, 0.4) is 0 Å². The molecule has 8 atom stereocenters. The molecule has 8 heteroatoms. The van der Waals surface area contributed by atoms with Crippen LogP contribution in [0.2, 0.25) is 0 Å². The van der Waals surface area contributed by atoms with Gasteiger partial charge in [0.2, 0.25) is 0 Å². The number of rotatable bonds is 7. The highest BCUT2D eigenvalue weighted by atomic mass is 16.6. The molecule has 3 saturated carbocycles. The zero-order valence-electron chi connectivity index (χ0n) is 23.0. The summed E-state index contributed by atoms with van der Waals surface area (Å²) < 4.78 is 0. The molecule has 0 saturated heterocycles. The summed E-state index contributed by atoms with van der Waals surface area (Å²) in [6.45, 7) is 6.18. The number of carboxylic acid groups (broad SMARTS) is 1. The van der Waals surface area contributed by atoms with Crippen LogP contribution in [0, 0.1) is 28.6 Å². The predicted octanol–water partition coefficient (Wildman–Crippen LogP) is 4.15. The molecule has 5 rings (SSSR count). The smallest absolute Gasteiger partial charge is 0.329 e. The van der Waals surface area contributed by atoms with Crippen LogP contribution in [0.1, 0.15) is 71.0 Å². The van der Waals surface area contributed by atoms with Gasteiger partial charge in [0.05, 0.1) is 5.60 Å². The lowest BCUT2D eigenvalue weighted by Gasteiger charge is -2.58. The molecule has 1 aromatic rings. The Morgan fingerprint density at radius 1 is 1.10 bits per heavy atom. The monoisotopic (exact) mass is 536 g/mol. The van der Waals surface area contributed by atoms with Gasteiger partial charge in [-0.3, -0.25) is 4.79 Å². The Morgan fingerprint density at radius 3 is 2.54 bits per heavy atom. The predicted molar refractivity (Wildman–Crippen MR) is 147 cm³/mol. The van der Waals surface area contributed by atoms with Crippen LogP contribution in [0.4, 0.5) is 0 Å². The Kier molecular flexibility index (Phi) is 7.22. The van der Waals surface area contributed by atoms with E-state index in [1.807, 2.05) is 13.0 Å². The number of carbonyl (C=O) groups excluding carboxylic acids is 1. The molecule has 0 aromatic heterocycles. The Morgan fingerprint density at radius 2 is 1.82 bits per heavy atom. The summed E-state index contributed by atoms with van der Waals surface area (Å²) in [5.41, 5.74) is 1.68. The van der Waals surface area contributed by atoms with Crippen LogP contribution < -0.4 is 5.32 Å². The van der Waals surface area contributed by atoms with Crippen molar-refractivity contribution in [3.05, 3.63) is 59.7 Å². The van der Waals surface area contributed by atoms with Crippen molar-refractivity contribution in [2.75, 3.05) is 6.61 Å². The lowest BCUT2D eigenvalue weighted by atomic mass is 9.47. The van der Waals surface area contributed by atoms with Gasteiger partial charge in [-0.05, 0) is 86.3 Å². The van der Waals surface area contributed by atoms with Crippen LogP contribution in [-0.4, -0.2) is 51.2 Å².